The third kappa shape index (κ3) is 3.18. The molecule has 0 spiro atoms. The molecule has 0 bridgehead atoms. The molecule has 1 aromatic carbocycles. The van der Waals surface area contributed by atoms with Gasteiger partial charge in [-0.3, -0.25) is 0 Å². The Kier molecular flexibility index (Phi) is 5.51. The summed E-state index contributed by atoms with van der Waals surface area (Å²) in [5.74, 6) is 0. The average molecular weight is 372 g/mol. The smallest absolute Gasteiger partial charge is 0.246 e. The van der Waals surface area contributed by atoms with Crippen LogP contribution in [0.1, 0.15) is 46.1 Å². The minimum atomic E-state index is -1.43. The molecule has 5 nitrogen and oxygen atoms in total. The molecule has 0 amide bonds. The van der Waals surface area contributed by atoms with Crippen molar-refractivity contribution in [3.63, 3.8) is 0 Å². The normalized spacial score (nSPS) is 18.0. The molecule has 1 aliphatic carbocycles. The van der Waals surface area contributed by atoms with Gasteiger partial charge in [-0.05, 0) is 31.4 Å². The molecule has 2 aromatic rings. The summed E-state index contributed by atoms with van der Waals surface area (Å²) in [4.78, 5) is 25.4. The largest absolute Gasteiger partial charge is 0.352 e. The quantitative estimate of drug-likeness (QED) is 0.780. The lowest BCUT2D eigenvalue weighted by Crippen LogP contribution is -2.37. The van der Waals surface area contributed by atoms with Crippen LogP contribution in [0.25, 0.3) is 5.69 Å². The molecule has 0 fully saturated rings. The second-order valence-corrected chi connectivity index (χ2v) is 12.6. The second kappa shape index (κ2) is 7.66. The zero-order valence-corrected chi connectivity index (χ0v) is 17.0. The third-order valence-corrected chi connectivity index (χ3v) is 12.1. The van der Waals surface area contributed by atoms with Gasteiger partial charge >= 0.3 is 11.4 Å². The van der Waals surface area contributed by atoms with Crippen molar-refractivity contribution in [3.05, 3.63) is 62.6 Å². The lowest BCUT2D eigenvalue weighted by Gasteiger charge is -2.35. The number of nitrogens with one attached hydrogen (secondary N) is 1. The van der Waals surface area contributed by atoms with Crippen LogP contribution >= 0.6 is 0 Å². The number of aromatic nitrogens is 3. The van der Waals surface area contributed by atoms with Gasteiger partial charge in [-0.15, -0.1) is 0 Å². The van der Waals surface area contributed by atoms with Crippen LogP contribution in [-0.4, -0.2) is 22.4 Å². The van der Waals surface area contributed by atoms with Crippen molar-refractivity contribution < 1.29 is 0 Å². The maximum atomic E-state index is 12.9. The summed E-state index contributed by atoms with van der Waals surface area (Å²) in [7, 11) is -1.43. The first kappa shape index (κ1) is 18.7. The summed E-state index contributed by atoms with van der Waals surface area (Å²) >= 11 is 0. The minimum Gasteiger partial charge on any atom is -0.246 e. The number of hydrogen-bond acceptors (Lipinski definition) is 2. The van der Waals surface area contributed by atoms with E-state index in [0.29, 0.717) is 5.69 Å². The fraction of sp³-hybridized carbons (Fsp3) is 0.500. The molecule has 140 valence electrons. The maximum absolute atomic E-state index is 12.9. The van der Waals surface area contributed by atoms with E-state index < -0.39 is 8.07 Å². The molecule has 26 heavy (non-hydrogen) atoms. The van der Waals surface area contributed by atoms with E-state index in [1.54, 1.807) is 17.3 Å². The number of para-hydroxylation sites is 1. The van der Waals surface area contributed by atoms with Crippen LogP contribution in [0.2, 0.25) is 18.1 Å². The van der Waals surface area contributed by atoms with Crippen LogP contribution in [0, 0.1) is 0 Å². The first-order chi connectivity index (χ1) is 12.6. The highest BCUT2D eigenvalue weighted by Crippen LogP contribution is 2.37. The van der Waals surface area contributed by atoms with Gasteiger partial charge in [0.05, 0.1) is 19.8 Å². The first-order valence-electron chi connectivity index (χ1n) is 9.76. The Morgan fingerprint density at radius 2 is 1.73 bits per heavy atom. The van der Waals surface area contributed by atoms with E-state index in [9.17, 15) is 9.59 Å². The van der Waals surface area contributed by atoms with Gasteiger partial charge in [-0.1, -0.05) is 68.4 Å². The molecule has 1 unspecified atom stereocenters. The Morgan fingerprint density at radius 1 is 1.08 bits per heavy atom. The molecule has 3 rings (SSSR count). The molecule has 0 radical (unpaired) electrons. The second-order valence-electron chi connectivity index (χ2n) is 7.23. The lowest BCUT2D eigenvalue weighted by molar-refractivity contribution is 0.454. The lowest BCUT2D eigenvalue weighted by atomic mass is 10.0. The summed E-state index contributed by atoms with van der Waals surface area (Å²) in [6.07, 6.45) is 5.44. The van der Waals surface area contributed by atoms with Gasteiger partial charge in [0.25, 0.3) is 0 Å². The molecule has 1 atom stereocenters. The van der Waals surface area contributed by atoms with Crippen LogP contribution < -0.4 is 11.4 Å². The van der Waals surface area contributed by atoms with Crippen LogP contribution in [0.4, 0.5) is 0 Å². The monoisotopic (exact) mass is 371 g/mol. The molecule has 1 heterocycles. The Balaban J connectivity index is 2.04. The molecule has 0 saturated carbocycles. The Labute approximate surface area is 155 Å². The molecular weight excluding hydrogens is 342 g/mol. The van der Waals surface area contributed by atoms with Crippen LogP contribution in [0.5, 0.6) is 0 Å². The van der Waals surface area contributed by atoms with Gasteiger partial charge in [0.1, 0.15) is 0 Å². The van der Waals surface area contributed by atoms with E-state index in [2.05, 4.69) is 31.9 Å². The molecular formula is C20H29N3O2Si. The number of rotatable bonds is 6. The summed E-state index contributed by atoms with van der Waals surface area (Å²) in [6, 6.07) is 12.8. The molecule has 1 aliphatic rings. The standard InChI is InChI=1S/C20H29N3O2Si/c1-4-26(5-2,6-3)18-14-10-13-17(15-18)23-20(25)22(19(24)21-23)16-11-8-7-9-12-16/h7-9,11-12,15,17H,4-6,10,13-14H2,1-3H3,(H,21,24). The predicted octanol–water partition coefficient (Wildman–Crippen LogP) is 4.03. The van der Waals surface area contributed by atoms with E-state index in [4.69, 9.17) is 0 Å². The van der Waals surface area contributed by atoms with Crippen molar-refractivity contribution >= 4 is 8.07 Å². The third-order valence-electron chi connectivity index (χ3n) is 6.21. The van der Waals surface area contributed by atoms with E-state index in [0.717, 1.165) is 19.3 Å². The number of nitrogens with zero attached hydrogens (tertiary/aromatic N) is 2. The Bertz CT molecular complexity index is 880. The first-order valence-corrected chi connectivity index (χ1v) is 12.4. The molecule has 6 heteroatoms. The summed E-state index contributed by atoms with van der Waals surface area (Å²) < 4.78 is 2.76. The molecule has 1 aromatic heterocycles. The number of hydrogen-bond donors (Lipinski definition) is 1. The van der Waals surface area contributed by atoms with Crippen molar-refractivity contribution in [1.82, 2.24) is 14.3 Å². The zero-order valence-electron chi connectivity index (χ0n) is 16.0. The topological polar surface area (TPSA) is 59.8 Å². The van der Waals surface area contributed by atoms with Crippen molar-refractivity contribution in [3.8, 4) is 5.69 Å². The van der Waals surface area contributed by atoms with Gasteiger partial charge in [-0.2, -0.15) is 0 Å². The van der Waals surface area contributed by atoms with Crippen molar-refractivity contribution in [1.29, 1.82) is 0 Å². The van der Waals surface area contributed by atoms with Crippen LogP contribution in [0.3, 0.4) is 0 Å². The number of H-pyrrole nitrogens is 1. The zero-order chi connectivity index (χ0) is 18.7. The fourth-order valence-electron chi connectivity index (χ4n) is 4.40. The summed E-state index contributed by atoms with van der Waals surface area (Å²) in [6.45, 7) is 6.93. The van der Waals surface area contributed by atoms with Gasteiger partial charge in [-0.25, -0.2) is 23.9 Å². The van der Waals surface area contributed by atoms with Crippen molar-refractivity contribution in [2.45, 2.75) is 64.2 Å². The maximum Gasteiger partial charge on any atom is 0.352 e. The highest BCUT2D eigenvalue weighted by atomic mass is 28.3. The van der Waals surface area contributed by atoms with Gasteiger partial charge < -0.3 is 0 Å². The Morgan fingerprint density at radius 3 is 2.35 bits per heavy atom. The summed E-state index contributed by atoms with van der Waals surface area (Å²) in [5.41, 5.74) is -0.0379. The predicted molar refractivity (Wildman–Crippen MR) is 109 cm³/mol. The average Bonchev–Trinajstić information content (AvgIpc) is 2.99. The number of allylic oxidation sites excluding steroid dienone is 2. The van der Waals surface area contributed by atoms with Crippen LogP contribution in [-0.2, 0) is 0 Å². The minimum absolute atomic E-state index is 0.0413. The van der Waals surface area contributed by atoms with E-state index in [1.165, 1.54) is 27.4 Å². The number of aromatic amines is 1. The van der Waals surface area contributed by atoms with Crippen LogP contribution in [0.15, 0.2) is 51.2 Å². The molecule has 1 N–H and O–H groups in total. The fourth-order valence-corrected chi connectivity index (χ4v) is 8.52. The van der Waals surface area contributed by atoms with E-state index in [1.807, 2.05) is 18.2 Å². The molecule has 0 saturated heterocycles. The Hall–Kier alpha value is -2.08. The van der Waals surface area contributed by atoms with Gasteiger partial charge in [0, 0.05) is 0 Å². The summed E-state index contributed by atoms with van der Waals surface area (Å²) in [5, 5.41) is 4.37. The highest BCUT2D eigenvalue weighted by Gasteiger charge is 2.34. The van der Waals surface area contributed by atoms with Crippen molar-refractivity contribution in [2.75, 3.05) is 0 Å². The molecule has 0 aliphatic heterocycles. The van der Waals surface area contributed by atoms with Crippen molar-refractivity contribution in [2.24, 2.45) is 0 Å². The number of benzene rings is 1. The highest BCUT2D eigenvalue weighted by molar-refractivity contribution is 6.86. The van der Waals surface area contributed by atoms with Gasteiger partial charge in [0.15, 0.2) is 0 Å². The van der Waals surface area contributed by atoms with E-state index in [-0.39, 0.29) is 17.4 Å². The SMILES string of the molecule is CC[Si](CC)(CC)C1=CC(n2[nH]c(=O)n(-c3ccccc3)c2=O)CCC1. The van der Waals surface area contributed by atoms with Gasteiger partial charge in [0.2, 0.25) is 0 Å². The van der Waals surface area contributed by atoms with E-state index >= 15 is 0 Å².